The van der Waals surface area contributed by atoms with E-state index < -0.39 is 0 Å². The quantitative estimate of drug-likeness (QED) is 0.679. The fourth-order valence-corrected chi connectivity index (χ4v) is 2.91. The minimum Gasteiger partial charge on any atom is -0.493 e. The molecule has 0 spiro atoms. The van der Waals surface area contributed by atoms with Gasteiger partial charge in [-0.05, 0) is 35.1 Å². The van der Waals surface area contributed by atoms with E-state index in [-0.39, 0.29) is 0 Å². The summed E-state index contributed by atoms with van der Waals surface area (Å²) >= 11 is 2.35. The summed E-state index contributed by atoms with van der Waals surface area (Å²) in [7, 11) is 3.26. The lowest BCUT2D eigenvalue weighted by Gasteiger charge is -2.06. The smallest absolute Gasteiger partial charge is 0.163 e. The Hall–Kier alpha value is -1.76. The van der Waals surface area contributed by atoms with Crippen LogP contribution in [0.4, 0.5) is 0 Å². The van der Waals surface area contributed by atoms with Crippen LogP contribution in [0, 0.1) is 10.5 Å². The summed E-state index contributed by atoms with van der Waals surface area (Å²) in [6.45, 7) is 2.10. The van der Waals surface area contributed by atoms with Crippen molar-refractivity contribution in [2.45, 2.75) is 6.92 Å². The molecule has 4 nitrogen and oxygen atoms in total. The number of rotatable bonds is 3. The number of H-pyrrole nitrogens is 1. The fourth-order valence-electron chi connectivity index (χ4n) is 2.29. The third-order valence-electron chi connectivity index (χ3n) is 3.43. The second-order valence-corrected chi connectivity index (χ2v) is 5.82. The molecule has 0 atom stereocenters. The summed E-state index contributed by atoms with van der Waals surface area (Å²) in [6.07, 6.45) is 0. The van der Waals surface area contributed by atoms with Crippen LogP contribution in [0.5, 0.6) is 11.5 Å². The molecule has 0 amide bonds. The summed E-state index contributed by atoms with van der Waals surface area (Å²) in [4.78, 5) is 8.03. The number of hydrogen-bond donors (Lipinski definition) is 1. The van der Waals surface area contributed by atoms with Gasteiger partial charge in [0.25, 0.3) is 0 Å². The first-order chi connectivity index (χ1) is 10.1. The Kier molecular flexibility index (Phi) is 3.75. The third kappa shape index (κ3) is 2.46. The average Bonchev–Trinajstić information content (AvgIpc) is 2.90. The Morgan fingerprint density at radius 3 is 2.52 bits per heavy atom. The highest BCUT2D eigenvalue weighted by molar-refractivity contribution is 14.1. The Bertz CT molecular complexity index is 770. The molecule has 108 valence electrons. The molecule has 5 heteroatoms. The van der Waals surface area contributed by atoms with E-state index in [1.807, 2.05) is 18.2 Å². The molecule has 0 aliphatic carbocycles. The minimum atomic E-state index is 0.682. The monoisotopic (exact) mass is 394 g/mol. The van der Waals surface area contributed by atoms with Gasteiger partial charge in [-0.3, -0.25) is 0 Å². The van der Waals surface area contributed by atoms with Gasteiger partial charge in [-0.25, -0.2) is 4.98 Å². The van der Waals surface area contributed by atoms with E-state index in [0.717, 1.165) is 22.4 Å². The van der Waals surface area contributed by atoms with Gasteiger partial charge >= 0.3 is 0 Å². The van der Waals surface area contributed by atoms with Crippen LogP contribution in [-0.4, -0.2) is 24.2 Å². The SMILES string of the molecule is COc1cc2nc(-c3cccc(C)c3I)[nH]c2cc1OC. The van der Waals surface area contributed by atoms with E-state index in [4.69, 9.17) is 9.47 Å². The van der Waals surface area contributed by atoms with Crippen LogP contribution in [0.25, 0.3) is 22.4 Å². The van der Waals surface area contributed by atoms with Gasteiger partial charge in [-0.1, -0.05) is 18.2 Å². The molecular formula is C16H15IN2O2. The molecule has 3 aromatic rings. The van der Waals surface area contributed by atoms with Crippen molar-refractivity contribution >= 4 is 33.6 Å². The number of nitrogens with one attached hydrogen (secondary N) is 1. The maximum atomic E-state index is 5.33. The molecule has 0 fully saturated rings. The summed E-state index contributed by atoms with van der Waals surface area (Å²) in [5, 5.41) is 0. The molecule has 21 heavy (non-hydrogen) atoms. The van der Waals surface area contributed by atoms with Crippen LogP contribution in [-0.2, 0) is 0 Å². The van der Waals surface area contributed by atoms with Gasteiger partial charge in [0.1, 0.15) is 5.82 Å². The zero-order valence-corrected chi connectivity index (χ0v) is 14.2. The first-order valence-corrected chi connectivity index (χ1v) is 7.59. The molecule has 0 unspecified atom stereocenters. The molecule has 0 aliphatic rings. The number of aryl methyl sites for hydroxylation is 1. The number of imidazole rings is 1. The van der Waals surface area contributed by atoms with Crippen LogP contribution >= 0.6 is 22.6 Å². The minimum absolute atomic E-state index is 0.682. The van der Waals surface area contributed by atoms with E-state index in [0.29, 0.717) is 11.5 Å². The predicted molar refractivity (Wildman–Crippen MR) is 92.1 cm³/mol. The lowest BCUT2D eigenvalue weighted by molar-refractivity contribution is 0.356. The van der Waals surface area contributed by atoms with Crippen molar-refractivity contribution in [3.63, 3.8) is 0 Å². The highest BCUT2D eigenvalue weighted by Gasteiger charge is 2.13. The Balaban J connectivity index is 2.19. The zero-order valence-electron chi connectivity index (χ0n) is 12.0. The first kappa shape index (κ1) is 14.2. The number of nitrogens with zero attached hydrogens (tertiary/aromatic N) is 1. The number of fused-ring (bicyclic) bond motifs is 1. The number of methoxy groups -OCH3 is 2. The van der Waals surface area contributed by atoms with Crippen LogP contribution in [0.2, 0.25) is 0 Å². The van der Waals surface area contributed by atoms with Gasteiger partial charge in [0, 0.05) is 21.3 Å². The molecule has 0 saturated heterocycles. The van der Waals surface area contributed by atoms with Gasteiger partial charge in [-0.15, -0.1) is 0 Å². The molecule has 0 saturated carbocycles. The molecule has 1 N–H and O–H groups in total. The second-order valence-electron chi connectivity index (χ2n) is 4.75. The van der Waals surface area contributed by atoms with Gasteiger partial charge in [0.15, 0.2) is 11.5 Å². The average molecular weight is 394 g/mol. The maximum Gasteiger partial charge on any atom is 0.163 e. The molecule has 1 heterocycles. The number of benzene rings is 2. The summed E-state index contributed by atoms with van der Waals surface area (Å²) in [5.41, 5.74) is 4.13. The van der Waals surface area contributed by atoms with Crippen molar-refractivity contribution in [1.29, 1.82) is 0 Å². The van der Waals surface area contributed by atoms with Crippen molar-refractivity contribution in [1.82, 2.24) is 9.97 Å². The lowest BCUT2D eigenvalue weighted by Crippen LogP contribution is -1.89. The van der Waals surface area contributed by atoms with E-state index in [1.54, 1.807) is 14.2 Å². The first-order valence-electron chi connectivity index (χ1n) is 6.51. The summed E-state index contributed by atoms with van der Waals surface area (Å²) < 4.78 is 11.9. The highest BCUT2D eigenvalue weighted by atomic mass is 127. The van der Waals surface area contributed by atoms with Crippen LogP contribution in [0.1, 0.15) is 5.56 Å². The van der Waals surface area contributed by atoms with Crippen molar-refractivity contribution in [2.75, 3.05) is 14.2 Å². The Labute approximate surface area is 136 Å². The maximum absolute atomic E-state index is 5.33. The molecular weight excluding hydrogens is 379 g/mol. The number of hydrogen-bond acceptors (Lipinski definition) is 3. The van der Waals surface area contributed by atoms with Crippen molar-refractivity contribution < 1.29 is 9.47 Å². The number of aromatic nitrogens is 2. The number of aromatic amines is 1. The van der Waals surface area contributed by atoms with Crippen LogP contribution < -0.4 is 9.47 Å². The van der Waals surface area contributed by atoms with Crippen molar-refractivity contribution in [3.05, 3.63) is 39.5 Å². The Morgan fingerprint density at radius 2 is 1.81 bits per heavy atom. The van der Waals surface area contributed by atoms with Gasteiger partial charge in [0.2, 0.25) is 0 Å². The van der Waals surface area contributed by atoms with E-state index in [2.05, 4.69) is 51.6 Å². The number of ether oxygens (including phenoxy) is 2. The normalized spacial score (nSPS) is 10.9. The van der Waals surface area contributed by atoms with E-state index in [1.165, 1.54) is 9.13 Å². The summed E-state index contributed by atoms with van der Waals surface area (Å²) in [5.74, 6) is 2.23. The molecule has 0 radical (unpaired) electrons. The lowest BCUT2D eigenvalue weighted by atomic mass is 10.1. The largest absolute Gasteiger partial charge is 0.493 e. The second kappa shape index (κ2) is 5.55. The fraction of sp³-hybridized carbons (Fsp3) is 0.188. The van der Waals surface area contributed by atoms with Crippen LogP contribution in [0.3, 0.4) is 0 Å². The molecule has 1 aromatic heterocycles. The van der Waals surface area contributed by atoms with Crippen molar-refractivity contribution in [3.8, 4) is 22.9 Å². The third-order valence-corrected chi connectivity index (χ3v) is 4.87. The molecule has 0 bridgehead atoms. The van der Waals surface area contributed by atoms with Crippen LogP contribution in [0.15, 0.2) is 30.3 Å². The topological polar surface area (TPSA) is 47.1 Å². The number of halogens is 1. The molecule has 0 aliphatic heterocycles. The molecule has 3 rings (SSSR count). The Morgan fingerprint density at radius 1 is 1.10 bits per heavy atom. The highest BCUT2D eigenvalue weighted by Crippen LogP contribution is 2.33. The standard InChI is InChI=1S/C16H15IN2O2/c1-9-5-4-6-10(15(9)17)16-18-11-7-13(20-2)14(21-3)8-12(11)19-16/h4-8H,1-3H3,(H,18,19). The zero-order chi connectivity index (χ0) is 15.0. The molecule has 2 aromatic carbocycles. The van der Waals surface area contributed by atoms with Gasteiger partial charge < -0.3 is 14.5 Å². The summed E-state index contributed by atoms with van der Waals surface area (Å²) in [6, 6.07) is 10.0. The van der Waals surface area contributed by atoms with Gasteiger partial charge in [0.05, 0.1) is 25.3 Å². The van der Waals surface area contributed by atoms with Gasteiger partial charge in [-0.2, -0.15) is 0 Å². The predicted octanol–water partition coefficient (Wildman–Crippen LogP) is 4.16. The van der Waals surface area contributed by atoms with Crippen molar-refractivity contribution in [2.24, 2.45) is 0 Å². The van der Waals surface area contributed by atoms with E-state index in [9.17, 15) is 0 Å². The van der Waals surface area contributed by atoms with E-state index >= 15 is 0 Å².